The van der Waals surface area contributed by atoms with Gasteiger partial charge in [0.1, 0.15) is 12.4 Å². The van der Waals surface area contributed by atoms with Gasteiger partial charge in [-0.1, -0.05) is 43.0 Å². The highest BCUT2D eigenvalue weighted by molar-refractivity contribution is 5.86. The molecule has 0 fully saturated rings. The van der Waals surface area contributed by atoms with Crippen molar-refractivity contribution in [3.63, 3.8) is 0 Å². The molecule has 1 aromatic carbocycles. The van der Waals surface area contributed by atoms with Crippen molar-refractivity contribution >= 4 is 5.97 Å². The molecule has 0 aliphatic rings. The van der Waals surface area contributed by atoms with Gasteiger partial charge in [-0.15, -0.1) is 6.58 Å². The molecule has 1 heterocycles. The van der Waals surface area contributed by atoms with E-state index in [4.69, 9.17) is 4.74 Å². The molecule has 114 valence electrons. The van der Waals surface area contributed by atoms with Gasteiger partial charge in [0.15, 0.2) is 0 Å². The fourth-order valence-electron chi connectivity index (χ4n) is 2.08. The summed E-state index contributed by atoms with van der Waals surface area (Å²) in [5, 5.41) is 0. The van der Waals surface area contributed by atoms with Crippen LogP contribution >= 0.6 is 0 Å². The van der Waals surface area contributed by atoms with E-state index in [1.54, 1.807) is 13.1 Å². The number of esters is 1. The van der Waals surface area contributed by atoms with Gasteiger partial charge >= 0.3 is 5.97 Å². The van der Waals surface area contributed by atoms with Crippen LogP contribution in [-0.4, -0.2) is 15.5 Å². The molecule has 4 nitrogen and oxygen atoms in total. The lowest BCUT2D eigenvalue weighted by atomic mass is 10.2. The molecule has 0 atom stereocenters. The molecule has 2 aromatic rings. The van der Waals surface area contributed by atoms with Gasteiger partial charge in [-0.2, -0.15) is 0 Å². The summed E-state index contributed by atoms with van der Waals surface area (Å²) in [5.74, 6) is 0.512. The molecule has 0 saturated heterocycles. The zero-order valence-electron chi connectivity index (χ0n) is 12.8. The number of hydrogen-bond donors (Lipinski definition) is 0. The highest BCUT2D eigenvalue weighted by Gasteiger charge is 2.12. The van der Waals surface area contributed by atoms with E-state index in [1.807, 2.05) is 24.3 Å². The van der Waals surface area contributed by atoms with Gasteiger partial charge < -0.3 is 9.30 Å². The van der Waals surface area contributed by atoms with Crippen LogP contribution in [0.25, 0.3) is 0 Å². The number of carbonyl (C=O) groups is 1. The molecule has 0 unspecified atom stereocenters. The molecule has 0 N–H and O–H groups in total. The molecule has 0 radical (unpaired) electrons. The van der Waals surface area contributed by atoms with E-state index in [0.717, 1.165) is 11.5 Å². The molecule has 22 heavy (non-hydrogen) atoms. The van der Waals surface area contributed by atoms with Gasteiger partial charge in [0.05, 0.1) is 11.9 Å². The Morgan fingerprint density at radius 1 is 1.36 bits per heavy atom. The standard InChI is InChI=1S/C18H20N2O2/c1-4-8-17-19-11-16(13-22-18(21)14(2)3)20(17)12-15-9-6-5-7-10-15/h4-7,9-11H,1-2,8,12-13H2,3H3. The van der Waals surface area contributed by atoms with Crippen LogP contribution in [0.2, 0.25) is 0 Å². The van der Waals surface area contributed by atoms with Gasteiger partial charge in [-0.05, 0) is 12.5 Å². The Hall–Kier alpha value is -2.62. The van der Waals surface area contributed by atoms with Crippen LogP contribution in [0.4, 0.5) is 0 Å². The second-order valence-corrected chi connectivity index (χ2v) is 5.09. The van der Waals surface area contributed by atoms with Crippen molar-refractivity contribution in [2.45, 2.75) is 26.5 Å². The second kappa shape index (κ2) is 7.41. The van der Waals surface area contributed by atoms with Gasteiger partial charge in [0.25, 0.3) is 0 Å². The van der Waals surface area contributed by atoms with E-state index < -0.39 is 5.97 Å². The zero-order valence-corrected chi connectivity index (χ0v) is 12.8. The second-order valence-electron chi connectivity index (χ2n) is 5.09. The first-order valence-electron chi connectivity index (χ1n) is 7.12. The molecule has 0 spiro atoms. The molecule has 0 bridgehead atoms. The predicted octanol–water partition coefficient (Wildman–Crippen LogP) is 3.28. The highest BCUT2D eigenvalue weighted by Crippen LogP contribution is 2.13. The third-order valence-electron chi connectivity index (χ3n) is 3.23. The Morgan fingerprint density at radius 3 is 2.73 bits per heavy atom. The number of benzene rings is 1. The first-order chi connectivity index (χ1) is 10.6. The van der Waals surface area contributed by atoms with Crippen molar-refractivity contribution in [1.82, 2.24) is 9.55 Å². The molecule has 0 aliphatic carbocycles. The summed E-state index contributed by atoms with van der Waals surface area (Å²) in [6.07, 6.45) is 4.22. The van der Waals surface area contributed by atoms with Crippen molar-refractivity contribution in [3.05, 3.63) is 78.4 Å². The van der Waals surface area contributed by atoms with Crippen LogP contribution in [0.3, 0.4) is 0 Å². The van der Waals surface area contributed by atoms with Crippen molar-refractivity contribution in [2.24, 2.45) is 0 Å². The molecule has 0 amide bonds. The van der Waals surface area contributed by atoms with Crippen molar-refractivity contribution in [3.8, 4) is 0 Å². The average Bonchev–Trinajstić information content (AvgIpc) is 2.88. The average molecular weight is 296 g/mol. The molecule has 0 aliphatic heterocycles. The maximum atomic E-state index is 11.6. The summed E-state index contributed by atoms with van der Waals surface area (Å²) in [6.45, 7) is 9.84. The van der Waals surface area contributed by atoms with Gasteiger partial charge in [0, 0.05) is 18.5 Å². The van der Waals surface area contributed by atoms with E-state index >= 15 is 0 Å². The molecular weight excluding hydrogens is 276 g/mol. The quantitative estimate of drug-likeness (QED) is 0.447. The molecule has 2 rings (SSSR count). The van der Waals surface area contributed by atoms with Crippen molar-refractivity contribution in [1.29, 1.82) is 0 Å². The molecular formula is C18H20N2O2. The Labute approximate surface area is 130 Å². The largest absolute Gasteiger partial charge is 0.456 e. The topological polar surface area (TPSA) is 44.1 Å². The van der Waals surface area contributed by atoms with Crippen molar-refractivity contribution in [2.75, 3.05) is 0 Å². The predicted molar refractivity (Wildman–Crippen MR) is 86.3 cm³/mol. The smallest absolute Gasteiger partial charge is 0.333 e. The van der Waals surface area contributed by atoms with Crippen molar-refractivity contribution < 1.29 is 9.53 Å². The summed E-state index contributed by atoms with van der Waals surface area (Å²) in [7, 11) is 0. The van der Waals surface area contributed by atoms with E-state index in [1.165, 1.54) is 5.56 Å². The zero-order chi connectivity index (χ0) is 15.9. The first kappa shape index (κ1) is 15.8. The highest BCUT2D eigenvalue weighted by atomic mass is 16.5. The fraction of sp³-hybridized carbons (Fsp3) is 0.222. The summed E-state index contributed by atoms with van der Waals surface area (Å²) < 4.78 is 7.29. The Bertz CT molecular complexity index is 672. The van der Waals surface area contributed by atoms with Gasteiger partial charge in [-0.25, -0.2) is 9.78 Å². The lowest BCUT2D eigenvalue weighted by molar-refractivity contribution is -0.140. The first-order valence-corrected chi connectivity index (χ1v) is 7.12. The third-order valence-corrected chi connectivity index (χ3v) is 3.23. The number of rotatable bonds is 7. The van der Waals surface area contributed by atoms with Crippen LogP contribution in [0.15, 0.2) is 61.3 Å². The van der Waals surface area contributed by atoms with E-state index in [0.29, 0.717) is 18.5 Å². The summed E-state index contributed by atoms with van der Waals surface area (Å²) in [6, 6.07) is 10.1. The summed E-state index contributed by atoms with van der Waals surface area (Å²) in [5.41, 5.74) is 2.41. The molecule has 4 heteroatoms. The fourth-order valence-corrected chi connectivity index (χ4v) is 2.08. The van der Waals surface area contributed by atoms with Crippen LogP contribution < -0.4 is 0 Å². The van der Waals surface area contributed by atoms with Gasteiger partial charge in [0.2, 0.25) is 0 Å². The Morgan fingerprint density at radius 2 is 2.09 bits per heavy atom. The minimum Gasteiger partial charge on any atom is -0.456 e. The number of aromatic nitrogens is 2. The number of nitrogens with zero attached hydrogens (tertiary/aromatic N) is 2. The minimum absolute atomic E-state index is 0.183. The van der Waals surface area contributed by atoms with Gasteiger partial charge in [-0.3, -0.25) is 0 Å². The van der Waals surface area contributed by atoms with E-state index in [-0.39, 0.29) is 6.61 Å². The number of ether oxygens (including phenoxy) is 1. The number of hydrogen-bond acceptors (Lipinski definition) is 3. The summed E-state index contributed by atoms with van der Waals surface area (Å²) in [4.78, 5) is 16.0. The maximum absolute atomic E-state index is 11.6. The number of carbonyl (C=O) groups excluding carboxylic acids is 1. The number of allylic oxidation sites excluding steroid dienone is 1. The normalized spacial score (nSPS) is 10.2. The minimum atomic E-state index is -0.391. The Kier molecular flexibility index (Phi) is 5.31. The lowest BCUT2D eigenvalue weighted by Gasteiger charge is -2.12. The van der Waals surface area contributed by atoms with E-state index in [2.05, 4.69) is 34.8 Å². The van der Waals surface area contributed by atoms with Crippen LogP contribution in [-0.2, 0) is 29.1 Å². The van der Waals surface area contributed by atoms with Crippen LogP contribution in [0.1, 0.15) is 24.0 Å². The summed E-state index contributed by atoms with van der Waals surface area (Å²) >= 11 is 0. The third kappa shape index (κ3) is 3.95. The Balaban J connectivity index is 2.20. The molecule has 0 saturated carbocycles. The van der Waals surface area contributed by atoms with Crippen LogP contribution in [0.5, 0.6) is 0 Å². The van der Waals surface area contributed by atoms with E-state index in [9.17, 15) is 4.79 Å². The SMILES string of the molecule is C=CCc1ncc(COC(=O)C(=C)C)n1Cc1ccccc1. The van der Waals surface area contributed by atoms with Crippen LogP contribution in [0, 0.1) is 0 Å². The molecule has 1 aromatic heterocycles. The maximum Gasteiger partial charge on any atom is 0.333 e. The lowest BCUT2D eigenvalue weighted by Crippen LogP contribution is -2.12. The number of imidazole rings is 1. The monoisotopic (exact) mass is 296 g/mol.